The molecule has 0 unspecified atom stereocenters. The number of ketones is 1. The zero-order valence-corrected chi connectivity index (χ0v) is 27.1. The molecule has 1 aromatic heterocycles. The Bertz CT molecular complexity index is 1540. The summed E-state index contributed by atoms with van der Waals surface area (Å²) in [6, 6.07) is 19.5. The highest BCUT2D eigenvalue weighted by atomic mass is 35.5. The van der Waals surface area contributed by atoms with Crippen LogP contribution in [0.15, 0.2) is 67.0 Å². The third-order valence-electron chi connectivity index (χ3n) is 7.79. The van der Waals surface area contributed by atoms with E-state index in [0.29, 0.717) is 17.7 Å². The molecule has 2 aliphatic rings. The Balaban J connectivity index is 0.000000193. The maximum Gasteiger partial charge on any atom is 0.289 e. The number of carbonyl (C=O) groups is 2. The Kier molecular flexibility index (Phi) is 12.0. The van der Waals surface area contributed by atoms with Crippen LogP contribution < -0.4 is 10.5 Å². The zero-order valence-electron chi connectivity index (χ0n) is 26.4. The first kappa shape index (κ1) is 33.2. The van der Waals surface area contributed by atoms with Crippen LogP contribution in [0.4, 0.5) is 0 Å². The summed E-state index contributed by atoms with van der Waals surface area (Å²) in [5.41, 5.74) is 10.6. The molecular weight excluding hydrogens is 572 g/mol. The molecule has 7 nitrogen and oxygen atoms in total. The van der Waals surface area contributed by atoms with Gasteiger partial charge < -0.3 is 19.9 Å². The van der Waals surface area contributed by atoms with Crippen LogP contribution in [0.5, 0.6) is 5.75 Å². The highest BCUT2D eigenvalue weighted by molar-refractivity contribution is 6.42. The fraction of sp³-hybridized carbons (Fsp3) is 0.417. The fourth-order valence-corrected chi connectivity index (χ4v) is 5.50. The molecule has 1 aliphatic carbocycles. The molecule has 2 N–H and O–H groups in total. The number of fused-ring (bicyclic) bond motifs is 1. The van der Waals surface area contributed by atoms with Gasteiger partial charge in [0.1, 0.15) is 5.75 Å². The van der Waals surface area contributed by atoms with Gasteiger partial charge in [0, 0.05) is 11.6 Å². The van der Waals surface area contributed by atoms with E-state index in [-0.39, 0.29) is 0 Å². The van der Waals surface area contributed by atoms with Crippen molar-refractivity contribution in [2.75, 3.05) is 19.6 Å². The third kappa shape index (κ3) is 8.93. The molecular formula is C36H45ClN4O3. The Morgan fingerprint density at radius 2 is 1.66 bits per heavy atom. The molecule has 0 atom stereocenters. The lowest BCUT2D eigenvalue weighted by molar-refractivity contribution is -0.114. The standard InChI is InChI=1S/C18H17N3O2.C16H22ClNO.C2H6/c1-11(2)21-10-20-15-9-14(7-8-16(15)21)12-3-5-13(6-4-12)17(22)18(19)23;17-15-12-13(4-3-11-18-9-1-2-10-18)5-8-16(15)19-14-6-7-14;1-2/h3-11H,1-2H3,(H2,19,23);5,8,12,14H,1-4,6-7,9-11H2;1-2H3. The van der Waals surface area contributed by atoms with E-state index in [0.717, 1.165) is 39.4 Å². The highest BCUT2D eigenvalue weighted by Gasteiger charge is 2.24. The van der Waals surface area contributed by atoms with Gasteiger partial charge in [-0.25, -0.2) is 4.98 Å². The summed E-state index contributed by atoms with van der Waals surface area (Å²) in [5, 5.41) is 0.769. The second-order valence-electron chi connectivity index (χ2n) is 11.5. The number of primary amides is 1. The first-order valence-corrected chi connectivity index (χ1v) is 16.2. The first-order chi connectivity index (χ1) is 21.3. The van der Waals surface area contributed by atoms with Crippen LogP contribution in [0.2, 0.25) is 5.02 Å². The number of hydrogen-bond acceptors (Lipinski definition) is 5. The summed E-state index contributed by atoms with van der Waals surface area (Å²) >= 11 is 6.27. The van der Waals surface area contributed by atoms with Crippen LogP contribution in [0.3, 0.4) is 0 Å². The Labute approximate surface area is 266 Å². The molecule has 1 aliphatic heterocycles. The van der Waals surface area contributed by atoms with Crippen molar-refractivity contribution in [3.8, 4) is 16.9 Å². The summed E-state index contributed by atoms with van der Waals surface area (Å²) in [6.45, 7) is 12.0. The molecule has 4 aromatic rings. The maximum atomic E-state index is 11.5. The number of nitrogens with two attached hydrogens (primary N) is 1. The lowest BCUT2D eigenvalue weighted by atomic mass is 10.0. The minimum atomic E-state index is -0.946. The lowest BCUT2D eigenvalue weighted by Gasteiger charge is -2.14. The molecule has 3 aromatic carbocycles. The van der Waals surface area contributed by atoms with Crippen LogP contribution in [0.1, 0.15) is 81.8 Å². The molecule has 0 radical (unpaired) electrons. The van der Waals surface area contributed by atoms with Crippen LogP contribution in [0, 0.1) is 0 Å². The average Bonchev–Trinajstić information content (AvgIpc) is 3.50. The van der Waals surface area contributed by atoms with Gasteiger partial charge in [0.2, 0.25) is 5.78 Å². The van der Waals surface area contributed by atoms with Gasteiger partial charge >= 0.3 is 0 Å². The number of aromatic nitrogens is 2. The van der Waals surface area contributed by atoms with Gasteiger partial charge in [0.15, 0.2) is 0 Å². The van der Waals surface area contributed by atoms with Gasteiger partial charge in [-0.3, -0.25) is 9.59 Å². The maximum absolute atomic E-state index is 11.5. The van der Waals surface area contributed by atoms with E-state index in [4.69, 9.17) is 22.1 Å². The molecule has 0 spiro atoms. The third-order valence-corrected chi connectivity index (χ3v) is 8.08. The van der Waals surface area contributed by atoms with Crippen molar-refractivity contribution in [1.29, 1.82) is 0 Å². The number of carbonyl (C=O) groups excluding carboxylic acids is 2. The van der Waals surface area contributed by atoms with Gasteiger partial charge in [-0.15, -0.1) is 0 Å². The van der Waals surface area contributed by atoms with Crippen LogP contribution >= 0.6 is 11.6 Å². The number of hydrogen-bond donors (Lipinski definition) is 1. The Morgan fingerprint density at radius 1 is 0.977 bits per heavy atom. The van der Waals surface area contributed by atoms with E-state index in [1.54, 1.807) is 24.3 Å². The molecule has 8 heteroatoms. The smallest absolute Gasteiger partial charge is 0.289 e. The van der Waals surface area contributed by atoms with Crippen molar-refractivity contribution in [2.24, 2.45) is 5.73 Å². The number of likely N-dealkylation sites (tertiary alicyclic amines) is 1. The number of Topliss-reactive ketones (excluding diaryl/α,β-unsaturated/α-hetero) is 1. The predicted octanol–water partition coefficient (Wildman–Crippen LogP) is 7.89. The fourth-order valence-electron chi connectivity index (χ4n) is 5.25. The molecule has 2 heterocycles. The molecule has 1 saturated carbocycles. The summed E-state index contributed by atoms with van der Waals surface area (Å²) in [6.07, 6.45) is 9.69. The van der Waals surface area contributed by atoms with Crippen LogP contribution in [-0.4, -0.2) is 51.9 Å². The molecule has 6 rings (SSSR count). The predicted molar refractivity (Wildman–Crippen MR) is 180 cm³/mol. The minimum Gasteiger partial charge on any atom is -0.489 e. The second-order valence-corrected chi connectivity index (χ2v) is 11.9. The summed E-state index contributed by atoms with van der Waals surface area (Å²) < 4.78 is 7.88. The van der Waals surface area contributed by atoms with Gasteiger partial charge in [-0.05, 0) is 113 Å². The summed E-state index contributed by atoms with van der Waals surface area (Å²) in [5.74, 6) is -0.770. The first-order valence-electron chi connectivity index (χ1n) is 15.9. The van der Waals surface area contributed by atoms with Gasteiger partial charge in [0.25, 0.3) is 5.91 Å². The van der Waals surface area contributed by atoms with E-state index in [1.165, 1.54) is 57.3 Å². The van der Waals surface area contributed by atoms with Gasteiger partial charge in [0.05, 0.1) is 28.5 Å². The van der Waals surface area contributed by atoms with E-state index >= 15 is 0 Å². The molecule has 44 heavy (non-hydrogen) atoms. The number of amides is 1. The molecule has 1 saturated heterocycles. The van der Waals surface area contributed by atoms with Crippen molar-refractivity contribution in [2.45, 2.75) is 78.4 Å². The van der Waals surface area contributed by atoms with E-state index in [9.17, 15) is 9.59 Å². The summed E-state index contributed by atoms with van der Waals surface area (Å²) in [7, 11) is 0. The number of imidazole rings is 1. The second kappa shape index (κ2) is 15.9. The van der Waals surface area contributed by atoms with E-state index < -0.39 is 11.7 Å². The normalized spacial score (nSPS) is 14.5. The van der Waals surface area contributed by atoms with E-state index in [1.807, 2.05) is 44.4 Å². The summed E-state index contributed by atoms with van der Waals surface area (Å²) in [4.78, 5) is 29.5. The number of aryl methyl sites for hydroxylation is 1. The number of nitrogens with zero attached hydrogens (tertiary/aromatic N) is 3. The number of rotatable bonds is 10. The highest BCUT2D eigenvalue weighted by Crippen LogP contribution is 2.32. The lowest BCUT2D eigenvalue weighted by Crippen LogP contribution is -2.22. The largest absolute Gasteiger partial charge is 0.489 e. The zero-order chi connectivity index (χ0) is 31.6. The molecule has 0 bridgehead atoms. The monoisotopic (exact) mass is 616 g/mol. The number of benzene rings is 3. The van der Waals surface area contributed by atoms with Crippen molar-refractivity contribution in [1.82, 2.24) is 14.5 Å². The van der Waals surface area contributed by atoms with Crippen molar-refractivity contribution < 1.29 is 14.3 Å². The van der Waals surface area contributed by atoms with Crippen LogP contribution in [0.25, 0.3) is 22.2 Å². The van der Waals surface area contributed by atoms with E-state index in [2.05, 4.69) is 40.4 Å². The number of ether oxygens (including phenoxy) is 1. The Morgan fingerprint density at radius 3 is 2.27 bits per heavy atom. The van der Waals surface area contributed by atoms with Crippen LogP contribution in [-0.2, 0) is 11.2 Å². The van der Waals surface area contributed by atoms with Crippen molar-refractivity contribution >= 4 is 34.3 Å². The molecule has 234 valence electrons. The minimum absolute atomic E-state index is 0.298. The topological polar surface area (TPSA) is 90.4 Å². The number of halogens is 1. The average molecular weight is 617 g/mol. The van der Waals surface area contributed by atoms with Crippen molar-refractivity contribution in [3.63, 3.8) is 0 Å². The van der Waals surface area contributed by atoms with Crippen molar-refractivity contribution in [3.05, 3.63) is 83.1 Å². The SMILES string of the molecule is CC.CC(C)n1cnc2cc(-c3ccc(C(=O)C(N)=O)cc3)ccc21.Clc1cc(CCCN2CCCC2)ccc1OC1CC1. The Hall–Kier alpha value is -3.68. The molecule has 2 fully saturated rings. The van der Waals surface area contributed by atoms with Gasteiger partial charge in [-0.1, -0.05) is 61.8 Å². The van der Waals surface area contributed by atoms with Gasteiger partial charge in [-0.2, -0.15) is 0 Å². The molecule has 1 amide bonds. The quantitative estimate of drug-likeness (QED) is 0.144.